The molecule has 0 saturated carbocycles. The van der Waals surface area contributed by atoms with Crippen LogP contribution in [0.3, 0.4) is 0 Å². The fourth-order valence-electron chi connectivity index (χ4n) is 9.40. The van der Waals surface area contributed by atoms with Gasteiger partial charge in [0, 0.05) is 19.3 Å². The molecule has 0 saturated heterocycles. The molecule has 6 heteroatoms. The highest BCUT2D eigenvalue weighted by Crippen LogP contribution is 2.16. The first kappa shape index (κ1) is 76.8. The molecule has 1 atom stereocenters. The van der Waals surface area contributed by atoms with Crippen LogP contribution in [0.4, 0.5) is 0 Å². The van der Waals surface area contributed by atoms with Gasteiger partial charge in [0.15, 0.2) is 6.10 Å². The minimum absolute atomic E-state index is 0.0859. The first-order valence-electron chi connectivity index (χ1n) is 34.0. The van der Waals surface area contributed by atoms with Gasteiger partial charge < -0.3 is 14.2 Å². The second kappa shape index (κ2) is 68.3. The van der Waals surface area contributed by atoms with Gasteiger partial charge in [-0.3, -0.25) is 14.4 Å². The molecule has 6 nitrogen and oxygen atoms in total. The molecular formula is C75H126O6. The Labute approximate surface area is 501 Å². The molecule has 0 aromatic rings. The van der Waals surface area contributed by atoms with E-state index in [2.05, 4.69) is 142 Å². The Balaban J connectivity index is 4.32. The number of ether oxygens (including phenoxy) is 3. The zero-order valence-corrected chi connectivity index (χ0v) is 53.0. The van der Waals surface area contributed by atoms with Gasteiger partial charge in [-0.2, -0.15) is 0 Å². The topological polar surface area (TPSA) is 78.9 Å². The van der Waals surface area contributed by atoms with E-state index in [1.807, 2.05) is 0 Å². The van der Waals surface area contributed by atoms with Crippen LogP contribution in [-0.4, -0.2) is 37.2 Å². The van der Waals surface area contributed by atoms with E-state index in [4.69, 9.17) is 14.2 Å². The van der Waals surface area contributed by atoms with Crippen molar-refractivity contribution >= 4 is 17.9 Å². The third-order valence-corrected chi connectivity index (χ3v) is 14.4. The molecule has 0 aromatic heterocycles. The Kier molecular flexibility index (Phi) is 64.8. The maximum Gasteiger partial charge on any atom is 0.306 e. The lowest BCUT2D eigenvalue weighted by molar-refractivity contribution is -0.167. The number of unbranched alkanes of at least 4 members (excludes halogenated alkanes) is 30. The fourth-order valence-corrected chi connectivity index (χ4v) is 9.40. The first-order chi connectivity index (χ1) is 40.0. The molecule has 462 valence electrons. The Morgan fingerprint density at radius 3 is 0.753 bits per heavy atom. The van der Waals surface area contributed by atoms with Crippen molar-refractivity contribution in [1.82, 2.24) is 0 Å². The second-order valence-corrected chi connectivity index (χ2v) is 22.3. The van der Waals surface area contributed by atoms with Crippen LogP contribution in [0.15, 0.2) is 122 Å². The SMILES string of the molecule is CC/C=C\C/C=C\C/C=C\C/C=C\C/C=C\CCCCCCCCCCCCCCCC(=O)OCC(COC(=O)CCCCCCCCC/C=C\C/C=C\CCCCC)OC(=O)CCCCCCCCC/C=C\C/C=C\C/C=C\CC. The number of esters is 3. The molecule has 0 radical (unpaired) electrons. The number of hydrogen-bond acceptors (Lipinski definition) is 6. The molecule has 0 rings (SSSR count). The normalized spacial score (nSPS) is 12.9. The summed E-state index contributed by atoms with van der Waals surface area (Å²) in [6, 6.07) is 0. The van der Waals surface area contributed by atoms with Gasteiger partial charge in [0.1, 0.15) is 13.2 Å². The summed E-state index contributed by atoms with van der Waals surface area (Å²) in [6.45, 7) is 6.40. The molecule has 0 N–H and O–H groups in total. The van der Waals surface area contributed by atoms with Gasteiger partial charge in [0.25, 0.3) is 0 Å². The molecule has 0 aliphatic rings. The molecule has 81 heavy (non-hydrogen) atoms. The van der Waals surface area contributed by atoms with Crippen molar-refractivity contribution in [3.05, 3.63) is 122 Å². The van der Waals surface area contributed by atoms with Crippen molar-refractivity contribution in [3.63, 3.8) is 0 Å². The van der Waals surface area contributed by atoms with Crippen LogP contribution in [0.1, 0.15) is 316 Å². The van der Waals surface area contributed by atoms with Crippen LogP contribution >= 0.6 is 0 Å². The maximum absolute atomic E-state index is 12.9. The molecule has 0 bridgehead atoms. The molecule has 0 fully saturated rings. The van der Waals surface area contributed by atoms with Crippen LogP contribution in [0.2, 0.25) is 0 Å². The summed E-state index contributed by atoms with van der Waals surface area (Å²) >= 11 is 0. The van der Waals surface area contributed by atoms with E-state index < -0.39 is 6.10 Å². The average molecular weight is 1120 g/mol. The third-order valence-electron chi connectivity index (χ3n) is 14.4. The van der Waals surface area contributed by atoms with Crippen molar-refractivity contribution < 1.29 is 28.6 Å². The molecule has 0 amide bonds. The monoisotopic (exact) mass is 1120 g/mol. The Bertz CT molecular complexity index is 1670. The van der Waals surface area contributed by atoms with Crippen LogP contribution < -0.4 is 0 Å². The van der Waals surface area contributed by atoms with Gasteiger partial charge in [0.05, 0.1) is 0 Å². The summed E-state index contributed by atoms with van der Waals surface area (Å²) in [5.74, 6) is -0.895. The molecule has 0 heterocycles. The molecular weight excluding hydrogens is 997 g/mol. The van der Waals surface area contributed by atoms with E-state index in [9.17, 15) is 14.4 Å². The van der Waals surface area contributed by atoms with E-state index >= 15 is 0 Å². The largest absolute Gasteiger partial charge is 0.462 e. The molecule has 0 aromatic carbocycles. The lowest BCUT2D eigenvalue weighted by Crippen LogP contribution is -2.30. The van der Waals surface area contributed by atoms with Crippen molar-refractivity contribution in [2.24, 2.45) is 0 Å². The Hall–Kier alpha value is -4.19. The Morgan fingerprint density at radius 1 is 0.259 bits per heavy atom. The number of carbonyl (C=O) groups is 3. The molecule has 0 spiro atoms. The number of hydrogen-bond donors (Lipinski definition) is 0. The summed E-state index contributed by atoms with van der Waals surface area (Å²) in [5.41, 5.74) is 0. The van der Waals surface area contributed by atoms with Crippen molar-refractivity contribution in [2.45, 2.75) is 322 Å². The lowest BCUT2D eigenvalue weighted by Gasteiger charge is -2.18. The molecule has 0 aliphatic carbocycles. The van der Waals surface area contributed by atoms with Gasteiger partial charge in [-0.1, -0.05) is 290 Å². The van der Waals surface area contributed by atoms with Gasteiger partial charge in [-0.25, -0.2) is 0 Å². The van der Waals surface area contributed by atoms with Gasteiger partial charge in [0.2, 0.25) is 0 Å². The number of allylic oxidation sites excluding steroid dienone is 20. The van der Waals surface area contributed by atoms with Crippen molar-refractivity contribution in [3.8, 4) is 0 Å². The average Bonchev–Trinajstić information content (AvgIpc) is 3.47. The summed E-state index contributed by atoms with van der Waals surface area (Å²) in [6.07, 6.45) is 94.9. The van der Waals surface area contributed by atoms with E-state index in [0.717, 1.165) is 128 Å². The first-order valence-corrected chi connectivity index (χ1v) is 34.0. The summed E-state index contributed by atoms with van der Waals surface area (Å²) in [5, 5.41) is 0. The zero-order chi connectivity index (χ0) is 58.5. The Morgan fingerprint density at radius 2 is 0.481 bits per heavy atom. The summed E-state index contributed by atoms with van der Waals surface area (Å²) in [7, 11) is 0. The predicted octanol–water partition coefficient (Wildman–Crippen LogP) is 23.6. The fraction of sp³-hybridized carbons (Fsp3) is 0.693. The van der Waals surface area contributed by atoms with Crippen LogP contribution in [0.25, 0.3) is 0 Å². The smallest absolute Gasteiger partial charge is 0.306 e. The molecule has 1 unspecified atom stereocenters. The number of carbonyl (C=O) groups excluding carboxylic acids is 3. The van der Waals surface area contributed by atoms with E-state index in [-0.39, 0.29) is 31.1 Å². The van der Waals surface area contributed by atoms with E-state index in [1.54, 1.807) is 0 Å². The van der Waals surface area contributed by atoms with E-state index in [1.165, 1.54) is 148 Å². The van der Waals surface area contributed by atoms with Crippen LogP contribution in [0, 0.1) is 0 Å². The lowest BCUT2D eigenvalue weighted by atomic mass is 10.0. The third kappa shape index (κ3) is 66.5. The zero-order valence-electron chi connectivity index (χ0n) is 53.0. The van der Waals surface area contributed by atoms with Gasteiger partial charge >= 0.3 is 17.9 Å². The second-order valence-electron chi connectivity index (χ2n) is 22.3. The highest BCUT2D eigenvalue weighted by atomic mass is 16.6. The minimum atomic E-state index is -0.791. The maximum atomic E-state index is 12.9. The quantitative estimate of drug-likeness (QED) is 0.0261. The van der Waals surface area contributed by atoms with Gasteiger partial charge in [-0.15, -0.1) is 0 Å². The predicted molar refractivity (Wildman–Crippen MR) is 353 cm³/mol. The van der Waals surface area contributed by atoms with E-state index in [0.29, 0.717) is 19.3 Å². The highest BCUT2D eigenvalue weighted by Gasteiger charge is 2.19. The van der Waals surface area contributed by atoms with Crippen LogP contribution in [-0.2, 0) is 28.6 Å². The standard InChI is InChI=1S/C75H126O6/c1-4-7-10-13-16-19-22-25-28-31-32-33-34-35-36-37-38-39-40-41-42-45-47-50-53-56-59-62-65-68-74(77)80-71-72(81-75(78)69-66-63-60-57-54-51-48-44-30-27-24-21-18-15-12-9-6-3)70-79-73(76)67-64-61-58-55-52-49-46-43-29-26-23-20-17-14-11-8-5-2/h7,9-10,12,16-21,25-30,32-33,35-36,72H,4-6,8,11,13-15,22-24,31,34,37-71H2,1-3H3/b10-7-,12-9-,19-16-,20-17-,21-18-,28-25-,29-26-,30-27-,33-32-,36-35-. The number of rotatable bonds is 61. The minimum Gasteiger partial charge on any atom is -0.462 e. The highest BCUT2D eigenvalue weighted by molar-refractivity contribution is 5.71. The van der Waals surface area contributed by atoms with Crippen molar-refractivity contribution in [1.29, 1.82) is 0 Å². The molecule has 0 aliphatic heterocycles. The van der Waals surface area contributed by atoms with Crippen molar-refractivity contribution in [2.75, 3.05) is 13.2 Å². The van der Waals surface area contributed by atoms with Gasteiger partial charge in [-0.05, 0) is 128 Å². The summed E-state index contributed by atoms with van der Waals surface area (Å²) < 4.78 is 17.0. The van der Waals surface area contributed by atoms with Crippen LogP contribution in [0.5, 0.6) is 0 Å². The summed E-state index contributed by atoms with van der Waals surface area (Å²) in [4.78, 5) is 38.4.